The summed E-state index contributed by atoms with van der Waals surface area (Å²) < 4.78 is 0. The molecule has 0 aromatic rings. The number of carboxylic acids is 2. The van der Waals surface area contributed by atoms with Crippen molar-refractivity contribution in [3.05, 3.63) is 0 Å². The molecule has 16 heteroatoms. The molecule has 0 heterocycles. The minimum absolute atomic E-state index is 0. The van der Waals surface area contributed by atoms with Crippen LogP contribution in [0.3, 0.4) is 0 Å². The Hall–Kier alpha value is -0.734. The second-order valence-corrected chi connectivity index (χ2v) is 5.00. The van der Waals surface area contributed by atoms with Gasteiger partial charge in [-0.3, -0.25) is 0 Å². The number of hydrogen-bond acceptors (Lipinski definition) is 12. The number of aliphatic hydroxyl groups excluding tert-OH is 8. The van der Waals surface area contributed by atoms with Crippen molar-refractivity contribution >= 4 is 35.0 Å². The SMILES string of the molecule is O.O=C(O)[C@H](O)[C@@H](O)[C@H](O)[C@H](O)C[O-].O=C(O)[C@H](O)[C@@H](O)[C@H](O)[C@H](O)C[O-].[Mg+2]. The van der Waals surface area contributed by atoms with Crippen LogP contribution < -0.4 is 10.2 Å². The summed E-state index contributed by atoms with van der Waals surface area (Å²) in [6.07, 6.45) is -16.2. The van der Waals surface area contributed by atoms with E-state index in [2.05, 4.69) is 0 Å². The molecule has 0 fully saturated rings. The van der Waals surface area contributed by atoms with Crippen molar-refractivity contribution in [2.75, 3.05) is 13.2 Å². The van der Waals surface area contributed by atoms with Crippen molar-refractivity contribution in [3.8, 4) is 0 Å². The number of aliphatic hydroxyl groups is 8. The fourth-order valence-electron chi connectivity index (χ4n) is 1.32. The Morgan fingerprint density at radius 2 is 0.821 bits per heavy atom. The van der Waals surface area contributed by atoms with Gasteiger partial charge in [0.15, 0.2) is 12.2 Å². The zero-order chi connectivity index (χ0) is 21.2. The van der Waals surface area contributed by atoms with Gasteiger partial charge in [-0.15, -0.1) is 13.2 Å². The summed E-state index contributed by atoms with van der Waals surface area (Å²) in [6, 6.07) is 0. The van der Waals surface area contributed by atoms with Crippen LogP contribution in [-0.2, 0) is 9.59 Å². The average molecular weight is 433 g/mol. The molecule has 0 spiro atoms. The van der Waals surface area contributed by atoms with Crippen LogP contribution in [0.2, 0.25) is 0 Å². The first-order valence-electron chi connectivity index (χ1n) is 6.89. The number of carbonyl (C=O) groups is 2. The quantitative estimate of drug-likeness (QED) is 0.143. The summed E-state index contributed by atoms with van der Waals surface area (Å²) in [4.78, 5) is 20.2. The van der Waals surface area contributed by atoms with Crippen molar-refractivity contribution in [1.82, 2.24) is 0 Å². The van der Waals surface area contributed by atoms with Crippen LogP contribution in [-0.4, -0.2) is 154 Å². The summed E-state index contributed by atoms with van der Waals surface area (Å²) in [5, 5.41) is 107. The molecule has 0 saturated carbocycles. The fourth-order valence-corrected chi connectivity index (χ4v) is 1.32. The standard InChI is InChI=1S/2C6H11O7.Mg.H2O/c2*7-1-2(8)3(9)4(10)5(11)6(12)13;;/h2*2-5,8-11H,1H2,(H,12,13);;1H2/q2*-1;+2;/t2*2-,3-,4+,5-;;/m11../s1. The zero-order valence-corrected chi connectivity index (χ0v) is 15.8. The van der Waals surface area contributed by atoms with E-state index in [4.69, 9.17) is 51.1 Å². The third-order valence-electron chi connectivity index (χ3n) is 2.98. The molecule has 0 bridgehead atoms. The summed E-state index contributed by atoms with van der Waals surface area (Å²) in [6.45, 7) is -2.19. The van der Waals surface area contributed by atoms with Gasteiger partial charge in [0, 0.05) is 0 Å². The molecule has 0 aliphatic carbocycles. The maximum absolute atomic E-state index is 10.1. The zero-order valence-electron chi connectivity index (χ0n) is 14.3. The van der Waals surface area contributed by atoms with E-state index in [9.17, 15) is 19.8 Å². The minimum atomic E-state index is -2.23. The molecule has 28 heavy (non-hydrogen) atoms. The third kappa shape index (κ3) is 12.0. The average Bonchev–Trinajstić information content (AvgIpc) is 2.62. The minimum Gasteiger partial charge on any atom is -0.853 e. The van der Waals surface area contributed by atoms with E-state index >= 15 is 0 Å². The Morgan fingerprint density at radius 1 is 0.607 bits per heavy atom. The van der Waals surface area contributed by atoms with E-state index in [1.807, 2.05) is 0 Å². The topological polar surface area (TPSA) is 314 Å². The van der Waals surface area contributed by atoms with Crippen LogP contribution in [0.1, 0.15) is 0 Å². The van der Waals surface area contributed by atoms with Gasteiger partial charge >= 0.3 is 35.0 Å². The Bertz CT molecular complexity index is 386. The molecule has 0 radical (unpaired) electrons. The normalized spacial score (nSPS) is 18.9. The van der Waals surface area contributed by atoms with Crippen molar-refractivity contribution in [1.29, 1.82) is 0 Å². The first kappa shape index (κ1) is 34.8. The van der Waals surface area contributed by atoms with Crippen LogP contribution in [0.25, 0.3) is 0 Å². The molecule has 0 aromatic heterocycles. The van der Waals surface area contributed by atoms with Gasteiger partial charge in [-0.1, -0.05) is 0 Å². The summed E-state index contributed by atoms with van der Waals surface area (Å²) in [5.41, 5.74) is 0. The van der Waals surface area contributed by atoms with Crippen molar-refractivity contribution in [2.24, 2.45) is 0 Å². The maximum atomic E-state index is 10.1. The fraction of sp³-hybridized carbons (Fsp3) is 0.833. The van der Waals surface area contributed by atoms with E-state index in [-0.39, 0.29) is 28.5 Å². The molecule has 12 N–H and O–H groups in total. The predicted molar refractivity (Wildman–Crippen MR) is 82.4 cm³/mol. The Kier molecular flexibility index (Phi) is 21.3. The summed E-state index contributed by atoms with van der Waals surface area (Å²) in [5.74, 6) is -3.49. The van der Waals surface area contributed by atoms with Gasteiger partial charge in [0.05, 0.1) is 12.2 Å². The molecule has 164 valence electrons. The predicted octanol–water partition coefficient (Wildman–Crippen LogP) is -9.46. The molecule has 15 nitrogen and oxygen atoms in total. The number of hydrogen-bond donors (Lipinski definition) is 10. The molecular formula is C12H24MgO15. The van der Waals surface area contributed by atoms with Crippen molar-refractivity contribution < 1.29 is 76.3 Å². The van der Waals surface area contributed by atoms with Gasteiger partial charge in [0.25, 0.3) is 0 Å². The molecule has 8 atom stereocenters. The van der Waals surface area contributed by atoms with Crippen LogP contribution in [0, 0.1) is 0 Å². The van der Waals surface area contributed by atoms with Crippen molar-refractivity contribution in [2.45, 2.75) is 48.8 Å². The number of carboxylic acid groups (broad SMARTS) is 2. The third-order valence-corrected chi connectivity index (χ3v) is 2.98. The van der Waals surface area contributed by atoms with Gasteiger partial charge in [-0.05, 0) is 0 Å². The molecular weight excluding hydrogens is 408 g/mol. The summed E-state index contributed by atoms with van der Waals surface area (Å²) in [7, 11) is 0. The van der Waals surface area contributed by atoms with E-state index in [1.165, 1.54) is 0 Å². The summed E-state index contributed by atoms with van der Waals surface area (Å²) >= 11 is 0. The van der Waals surface area contributed by atoms with Gasteiger partial charge in [-0.2, -0.15) is 0 Å². The van der Waals surface area contributed by atoms with Crippen LogP contribution >= 0.6 is 0 Å². The molecule has 0 saturated heterocycles. The largest absolute Gasteiger partial charge is 2.00 e. The molecule has 0 aliphatic heterocycles. The molecule has 0 aliphatic rings. The van der Waals surface area contributed by atoms with Gasteiger partial charge in [0.2, 0.25) is 0 Å². The van der Waals surface area contributed by atoms with Crippen LogP contribution in [0.5, 0.6) is 0 Å². The van der Waals surface area contributed by atoms with Crippen LogP contribution in [0.4, 0.5) is 0 Å². The van der Waals surface area contributed by atoms with E-state index < -0.39 is 74.0 Å². The maximum Gasteiger partial charge on any atom is 2.00 e. The first-order valence-corrected chi connectivity index (χ1v) is 6.89. The van der Waals surface area contributed by atoms with Gasteiger partial charge < -0.3 is 66.8 Å². The Labute approximate surface area is 173 Å². The number of rotatable bonds is 10. The van der Waals surface area contributed by atoms with E-state index in [0.717, 1.165) is 0 Å². The second kappa shape index (κ2) is 17.2. The van der Waals surface area contributed by atoms with Gasteiger partial charge in [-0.25, -0.2) is 9.59 Å². The van der Waals surface area contributed by atoms with E-state index in [1.54, 1.807) is 0 Å². The monoisotopic (exact) mass is 432 g/mol. The van der Waals surface area contributed by atoms with Crippen LogP contribution in [0.15, 0.2) is 0 Å². The van der Waals surface area contributed by atoms with Crippen molar-refractivity contribution in [3.63, 3.8) is 0 Å². The molecule has 0 rings (SSSR count). The van der Waals surface area contributed by atoms with E-state index in [0.29, 0.717) is 0 Å². The molecule has 0 amide bonds. The Balaban J connectivity index is -0.000000192. The molecule has 0 aromatic carbocycles. The number of aliphatic carboxylic acids is 2. The van der Waals surface area contributed by atoms with Gasteiger partial charge in [0.1, 0.15) is 24.4 Å². The smallest absolute Gasteiger partial charge is 0.853 e. The molecule has 0 unspecified atom stereocenters. The Morgan fingerprint density at radius 3 is 0.964 bits per heavy atom. The first-order chi connectivity index (χ1) is 11.8. The second-order valence-electron chi connectivity index (χ2n) is 5.00.